The number of aliphatic imine (C=N–C) groups is 2. The van der Waals surface area contributed by atoms with Crippen molar-refractivity contribution in [1.29, 1.82) is 0 Å². The van der Waals surface area contributed by atoms with Crippen LogP contribution in [0.4, 0.5) is 0 Å². The second kappa shape index (κ2) is 9.82. The average Bonchev–Trinajstić information content (AvgIpc) is 3.62. The SMILES string of the molecule is c1ccc(C2=NC(n3c4ccccc4c4c5c6ccccc6n(-c6ccccc6)c5ccc43)=NC(c3ccccc3)N2)cc1. The number of fused-ring (bicyclic) bond motifs is 7. The molecular formula is C39H27N5. The van der Waals surface area contributed by atoms with Gasteiger partial charge >= 0.3 is 0 Å². The van der Waals surface area contributed by atoms with Crippen LogP contribution in [0.25, 0.3) is 49.3 Å². The average molecular weight is 566 g/mol. The number of amidine groups is 1. The van der Waals surface area contributed by atoms with E-state index in [1.807, 2.05) is 24.3 Å². The highest BCUT2D eigenvalue weighted by Crippen LogP contribution is 2.41. The third-order valence-corrected chi connectivity index (χ3v) is 8.58. The van der Waals surface area contributed by atoms with E-state index in [4.69, 9.17) is 9.98 Å². The molecule has 0 amide bonds. The number of aromatic nitrogens is 2. The third-order valence-electron chi connectivity index (χ3n) is 8.58. The number of rotatable bonds is 3. The van der Waals surface area contributed by atoms with Crippen molar-refractivity contribution < 1.29 is 0 Å². The minimum atomic E-state index is -0.279. The van der Waals surface area contributed by atoms with Crippen molar-refractivity contribution in [3.05, 3.63) is 163 Å². The second-order valence-corrected chi connectivity index (χ2v) is 11.1. The van der Waals surface area contributed by atoms with Gasteiger partial charge in [-0.1, -0.05) is 115 Å². The number of hydrogen-bond acceptors (Lipinski definition) is 3. The van der Waals surface area contributed by atoms with Gasteiger partial charge in [0.2, 0.25) is 5.96 Å². The van der Waals surface area contributed by atoms with Crippen LogP contribution in [0, 0.1) is 0 Å². The van der Waals surface area contributed by atoms with Crippen LogP contribution in [0.3, 0.4) is 0 Å². The Kier molecular flexibility index (Phi) is 5.50. The van der Waals surface area contributed by atoms with Crippen molar-refractivity contribution in [2.24, 2.45) is 9.98 Å². The van der Waals surface area contributed by atoms with Crippen molar-refractivity contribution in [1.82, 2.24) is 14.5 Å². The van der Waals surface area contributed by atoms with Gasteiger partial charge in [0.05, 0.1) is 22.1 Å². The number of nitrogens with zero attached hydrogens (tertiary/aromatic N) is 4. The monoisotopic (exact) mass is 565 g/mol. The minimum Gasteiger partial charge on any atom is -0.344 e. The molecule has 1 aliphatic rings. The number of para-hydroxylation sites is 3. The molecule has 5 heteroatoms. The van der Waals surface area contributed by atoms with Crippen LogP contribution < -0.4 is 5.32 Å². The van der Waals surface area contributed by atoms with E-state index in [9.17, 15) is 0 Å². The Labute approximate surface area is 254 Å². The first-order chi connectivity index (χ1) is 21.8. The molecule has 0 spiro atoms. The maximum Gasteiger partial charge on any atom is 0.234 e. The van der Waals surface area contributed by atoms with Crippen LogP contribution in [-0.4, -0.2) is 20.9 Å². The summed E-state index contributed by atoms with van der Waals surface area (Å²) in [5.74, 6) is 1.46. The van der Waals surface area contributed by atoms with Gasteiger partial charge in [0, 0.05) is 32.8 Å². The van der Waals surface area contributed by atoms with Crippen LogP contribution in [0.1, 0.15) is 17.3 Å². The van der Waals surface area contributed by atoms with Crippen molar-refractivity contribution in [2.45, 2.75) is 6.17 Å². The molecule has 9 rings (SSSR count). The number of nitrogens with one attached hydrogen (secondary N) is 1. The highest BCUT2D eigenvalue weighted by Gasteiger charge is 2.25. The summed E-state index contributed by atoms with van der Waals surface area (Å²) in [6.45, 7) is 0. The van der Waals surface area contributed by atoms with Gasteiger partial charge in [0.15, 0.2) is 0 Å². The van der Waals surface area contributed by atoms with Gasteiger partial charge in [-0.05, 0) is 42.0 Å². The zero-order valence-corrected chi connectivity index (χ0v) is 23.8. The Morgan fingerprint density at radius 3 is 1.66 bits per heavy atom. The first-order valence-corrected chi connectivity index (χ1v) is 14.9. The van der Waals surface area contributed by atoms with E-state index >= 15 is 0 Å². The van der Waals surface area contributed by atoms with Crippen molar-refractivity contribution in [3.8, 4) is 5.69 Å². The van der Waals surface area contributed by atoms with Gasteiger partial charge in [-0.15, -0.1) is 0 Å². The van der Waals surface area contributed by atoms with E-state index in [0.717, 1.165) is 33.7 Å². The molecule has 3 heterocycles. The largest absolute Gasteiger partial charge is 0.344 e. The molecule has 208 valence electrons. The van der Waals surface area contributed by atoms with Gasteiger partial charge in [-0.2, -0.15) is 4.99 Å². The summed E-state index contributed by atoms with van der Waals surface area (Å²) in [6, 6.07) is 53.1. The quantitative estimate of drug-likeness (QED) is 0.229. The predicted molar refractivity (Wildman–Crippen MR) is 182 cm³/mol. The Balaban J connectivity index is 1.38. The number of benzene rings is 6. The van der Waals surface area contributed by atoms with Crippen LogP contribution in [0.2, 0.25) is 0 Å². The normalized spacial score (nSPS) is 15.0. The molecule has 0 radical (unpaired) electrons. The lowest BCUT2D eigenvalue weighted by atomic mass is 10.1. The summed E-state index contributed by atoms with van der Waals surface area (Å²) in [6.07, 6.45) is -0.279. The molecule has 6 aromatic carbocycles. The van der Waals surface area contributed by atoms with Crippen LogP contribution in [0.5, 0.6) is 0 Å². The highest BCUT2D eigenvalue weighted by molar-refractivity contribution is 6.30. The zero-order valence-electron chi connectivity index (χ0n) is 23.8. The van der Waals surface area contributed by atoms with Crippen molar-refractivity contribution in [2.75, 3.05) is 0 Å². The molecular weight excluding hydrogens is 538 g/mol. The lowest BCUT2D eigenvalue weighted by Gasteiger charge is -2.24. The van der Waals surface area contributed by atoms with Gasteiger partial charge in [0.1, 0.15) is 12.0 Å². The fraction of sp³-hybridized carbons (Fsp3) is 0.0256. The molecule has 1 N–H and O–H groups in total. The van der Waals surface area contributed by atoms with Crippen molar-refractivity contribution in [3.63, 3.8) is 0 Å². The molecule has 44 heavy (non-hydrogen) atoms. The van der Waals surface area contributed by atoms with Crippen molar-refractivity contribution >= 4 is 55.4 Å². The summed E-state index contributed by atoms with van der Waals surface area (Å²) < 4.78 is 4.60. The van der Waals surface area contributed by atoms with E-state index < -0.39 is 0 Å². The predicted octanol–water partition coefficient (Wildman–Crippen LogP) is 8.84. The lowest BCUT2D eigenvalue weighted by molar-refractivity contribution is 0.668. The first kappa shape index (κ1) is 24.6. The molecule has 2 aromatic heterocycles. The maximum atomic E-state index is 5.24. The molecule has 1 atom stereocenters. The fourth-order valence-corrected chi connectivity index (χ4v) is 6.67. The molecule has 0 fully saturated rings. The van der Waals surface area contributed by atoms with E-state index in [1.54, 1.807) is 0 Å². The van der Waals surface area contributed by atoms with Crippen LogP contribution in [0.15, 0.2) is 162 Å². The van der Waals surface area contributed by atoms with E-state index in [-0.39, 0.29) is 6.17 Å². The summed E-state index contributed by atoms with van der Waals surface area (Å²) >= 11 is 0. The molecule has 0 saturated carbocycles. The van der Waals surface area contributed by atoms with Gasteiger partial charge < -0.3 is 9.88 Å². The Hall–Kier alpha value is -5.94. The van der Waals surface area contributed by atoms with E-state index in [1.165, 1.54) is 32.6 Å². The van der Waals surface area contributed by atoms with Gasteiger partial charge in [-0.25, -0.2) is 4.99 Å². The summed E-state index contributed by atoms with van der Waals surface area (Å²) in [5, 5.41) is 8.44. The third kappa shape index (κ3) is 3.73. The molecule has 0 bridgehead atoms. The van der Waals surface area contributed by atoms with Gasteiger partial charge in [-0.3, -0.25) is 4.57 Å². The standard InChI is InChI=1S/C39H27N5/c1-4-14-26(15-5-1)37-40-38(27-16-6-2-7-17-27)42-39(41-37)44-32-23-13-11-21-30(32)36-34(44)25-24-33-35(36)29-20-10-12-22-31(29)43(33)28-18-8-3-9-19-28/h1-25,37H,(H,40,41,42). The summed E-state index contributed by atoms with van der Waals surface area (Å²) in [5.41, 5.74) is 7.78. The molecule has 8 aromatic rings. The van der Waals surface area contributed by atoms with Gasteiger partial charge in [0.25, 0.3) is 0 Å². The molecule has 0 aliphatic carbocycles. The van der Waals surface area contributed by atoms with Crippen LogP contribution >= 0.6 is 0 Å². The molecule has 1 aliphatic heterocycles. The van der Waals surface area contributed by atoms with E-state index in [2.05, 4.69) is 142 Å². The summed E-state index contributed by atoms with van der Waals surface area (Å²) in [4.78, 5) is 10.4. The highest BCUT2D eigenvalue weighted by atomic mass is 15.3. The summed E-state index contributed by atoms with van der Waals surface area (Å²) in [7, 11) is 0. The fourth-order valence-electron chi connectivity index (χ4n) is 6.67. The Morgan fingerprint density at radius 1 is 0.477 bits per heavy atom. The first-order valence-electron chi connectivity index (χ1n) is 14.9. The molecule has 1 unspecified atom stereocenters. The smallest absolute Gasteiger partial charge is 0.234 e. The second-order valence-electron chi connectivity index (χ2n) is 11.1. The Morgan fingerprint density at radius 2 is 1.00 bits per heavy atom. The van der Waals surface area contributed by atoms with Crippen LogP contribution in [-0.2, 0) is 0 Å². The maximum absolute atomic E-state index is 5.24. The topological polar surface area (TPSA) is 46.6 Å². The molecule has 0 saturated heterocycles. The van der Waals surface area contributed by atoms with E-state index in [0.29, 0.717) is 5.96 Å². The Bertz CT molecular complexity index is 2400. The molecule has 5 nitrogen and oxygen atoms in total. The minimum absolute atomic E-state index is 0.279. The zero-order chi connectivity index (χ0) is 29.0. The number of hydrogen-bond donors (Lipinski definition) is 1. The lowest BCUT2D eigenvalue weighted by Crippen LogP contribution is -2.35.